The van der Waals surface area contributed by atoms with Crippen LogP contribution in [0.15, 0.2) is 54.6 Å². The van der Waals surface area contributed by atoms with Gasteiger partial charge in [-0.2, -0.15) is 5.26 Å². The van der Waals surface area contributed by atoms with E-state index in [1.807, 2.05) is 30.3 Å². The number of hydrogen-bond donors (Lipinski definition) is 1. The third-order valence-corrected chi connectivity index (χ3v) is 4.60. The van der Waals surface area contributed by atoms with Gasteiger partial charge in [0.25, 0.3) is 0 Å². The van der Waals surface area contributed by atoms with Crippen molar-refractivity contribution < 1.29 is 4.79 Å². The second-order valence-electron chi connectivity index (χ2n) is 6.62. The van der Waals surface area contributed by atoms with Gasteiger partial charge in [0.1, 0.15) is 0 Å². The number of benzene rings is 2. The molecule has 1 aliphatic rings. The summed E-state index contributed by atoms with van der Waals surface area (Å²) in [6.07, 6.45) is 0.390. The number of carbonyl (C=O) groups is 1. The van der Waals surface area contributed by atoms with Crippen LogP contribution in [0.2, 0.25) is 0 Å². The molecule has 3 rings (SSSR count). The topological polar surface area (TPSA) is 59.4 Å². The Morgan fingerprint density at radius 1 is 0.923 bits per heavy atom. The number of nitrogens with one attached hydrogen (secondary N) is 1. The minimum atomic E-state index is 0.00884. The minimum absolute atomic E-state index is 0.00884. The van der Waals surface area contributed by atoms with E-state index in [4.69, 9.17) is 5.26 Å². The van der Waals surface area contributed by atoms with Gasteiger partial charge in [-0.1, -0.05) is 42.5 Å². The second-order valence-corrected chi connectivity index (χ2v) is 6.62. The van der Waals surface area contributed by atoms with Gasteiger partial charge in [0.2, 0.25) is 5.91 Å². The first-order valence-electron chi connectivity index (χ1n) is 8.97. The first-order valence-corrected chi connectivity index (χ1v) is 8.97. The molecule has 0 unspecified atom stereocenters. The third kappa shape index (κ3) is 5.41. The quantitative estimate of drug-likeness (QED) is 0.871. The maximum absolute atomic E-state index is 12.2. The van der Waals surface area contributed by atoms with Crippen molar-refractivity contribution in [2.24, 2.45) is 0 Å². The van der Waals surface area contributed by atoms with E-state index < -0.39 is 0 Å². The van der Waals surface area contributed by atoms with E-state index in [1.54, 1.807) is 0 Å². The Balaban J connectivity index is 1.41. The fourth-order valence-electron chi connectivity index (χ4n) is 3.15. The number of hydrogen-bond acceptors (Lipinski definition) is 4. The van der Waals surface area contributed by atoms with E-state index in [1.165, 1.54) is 5.56 Å². The molecule has 1 N–H and O–H groups in total. The van der Waals surface area contributed by atoms with Gasteiger partial charge in [0.15, 0.2) is 0 Å². The van der Waals surface area contributed by atoms with Gasteiger partial charge in [0.05, 0.1) is 19.0 Å². The van der Waals surface area contributed by atoms with Crippen molar-refractivity contribution in [1.29, 1.82) is 5.26 Å². The molecule has 1 fully saturated rings. The largest absolute Gasteiger partial charge is 0.325 e. The molecule has 0 aromatic heterocycles. The standard InChI is InChI=1S/C21H24N4O/c22-11-10-18-6-8-20(9-7-18)23-21(26)17-25-14-12-24(13-15-25)16-19-4-2-1-3-5-19/h1-9H,10,12-17H2,(H,23,26). The molecule has 26 heavy (non-hydrogen) atoms. The van der Waals surface area contributed by atoms with E-state index in [2.05, 4.69) is 45.5 Å². The first kappa shape index (κ1) is 18.1. The molecular formula is C21H24N4O. The van der Waals surface area contributed by atoms with Crippen molar-refractivity contribution in [3.8, 4) is 6.07 Å². The van der Waals surface area contributed by atoms with Crippen molar-refractivity contribution >= 4 is 11.6 Å². The third-order valence-electron chi connectivity index (χ3n) is 4.60. The molecule has 0 saturated carbocycles. The molecule has 134 valence electrons. The molecule has 2 aromatic rings. The molecule has 0 bridgehead atoms. The summed E-state index contributed by atoms with van der Waals surface area (Å²) in [6.45, 7) is 5.15. The second kappa shape index (κ2) is 9.14. The van der Waals surface area contributed by atoms with E-state index in [0.29, 0.717) is 13.0 Å². The van der Waals surface area contributed by atoms with Gasteiger partial charge in [0, 0.05) is 38.4 Å². The highest BCUT2D eigenvalue weighted by Crippen LogP contribution is 2.11. The van der Waals surface area contributed by atoms with Crippen molar-refractivity contribution in [3.05, 3.63) is 65.7 Å². The number of piperazine rings is 1. The lowest BCUT2D eigenvalue weighted by molar-refractivity contribution is -0.117. The highest BCUT2D eigenvalue weighted by Gasteiger charge is 2.19. The van der Waals surface area contributed by atoms with E-state index >= 15 is 0 Å². The molecule has 2 aromatic carbocycles. The van der Waals surface area contributed by atoms with Crippen LogP contribution in [0.4, 0.5) is 5.69 Å². The van der Waals surface area contributed by atoms with Gasteiger partial charge in [-0.25, -0.2) is 0 Å². The number of anilines is 1. The molecule has 5 heteroatoms. The molecule has 0 atom stereocenters. The number of nitrogens with zero attached hydrogens (tertiary/aromatic N) is 3. The molecular weight excluding hydrogens is 324 g/mol. The first-order chi connectivity index (χ1) is 12.7. The Labute approximate surface area is 154 Å². The van der Waals surface area contributed by atoms with Crippen LogP contribution in [0.25, 0.3) is 0 Å². The number of nitriles is 1. The summed E-state index contributed by atoms with van der Waals surface area (Å²) in [5.74, 6) is 0.00884. The lowest BCUT2D eigenvalue weighted by Gasteiger charge is -2.34. The fraction of sp³-hybridized carbons (Fsp3) is 0.333. The Morgan fingerprint density at radius 3 is 2.23 bits per heavy atom. The number of carbonyl (C=O) groups excluding carboxylic acids is 1. The smallest absolute Gasteiger partial charge is 0.238 e. The Morgan fingerprint density at radius 2 is 1.58 bits per heavy atom. The zero-order valence-electron chi connectivity index (χ0n) is 14.9. The molecule has 1 heterocycles. The Bertz CT molecular complexity index is 744. The van der Waals surface area contributed by atoms with Crippen LogP contribution in [-0.4, -0.2) is 48.4 Å². The Kier molecular flexibility index (Phi) is 6.37. The highest BCUT2D eigenvalue weighted by molar-refractivity contribution is 5.92. The van der Waals surface area contributed by atoms with Crippen molar-refractivity contribution in [2.45, 2.75) is 13.0 Å². The van der Waals surface area contributed by atoms with Crippen LogP contribution >= 0.6 is 0 Å². The predicted molar refractivity (Wildman–Crippen MR) is 103 cm³/mol. The zero-order valence-corrected chi connectivity index (χ0v) is 14.9. The van der Waals surface area contributed by atoms with Gasteiger partial charge < -0.3 is 5.32 Å². The molecule has 0 spiro atoms. The number of amides is 1. The van der Waals surface area contributed by atoms with Crippen molar-refractivity contribution in [3.63, 3.8) is 0 Å². The van der Waals surface area contributed by atoms with Crippen LogP contribution in [-0.2, 0) is 17.8 Å². The van der Waals surface area contributed by atoms with Crippen molar-refractivity contribution in [1.82, 2.24) is 9.80 Å². The maximum Gasteiger partial charge on any atom is 0.238 e. The Hall–Kier alpha value is -2.68. The lowest BCUT2D eigenvalue weighted by atomic mass is 10.1. The molecule has 0 radical (unpaired) electrons. The normalized spacial score (nSPS) is 15.3. The molecule has 1 aliphatic heterocycles. The van der Waals surface area contributed by atoms with Crippen LogP contribution in [0.3, 0.4) is 0 Å². The average molecular weight is 348 g/mol. The maximum atomic E-state index is 12.2. The summed E-state index contributed by atoms with van der Waals surface area (Å²) in [5, 5.41) is 11.6. The zero-order chi connectivity index (χ0) is 18.2. The monoisotopic (exact) mass is 348 g/mol. The summed E-state index contributed by atoms with van der Waals surface area (Å²) in [7, 11) is 0. The molecule has 5 nitrogen and oxygen atoms in total. The van der Waals surface area contributed by atoms with E-state index in [9.17, 15) is 4.79 Å². The highest BCUT2D eigenvalue weighted by atomic mass is 16.2. The van der Waals surface area contributed by atoms with E-state index in [-0.39, 0.29) is 5.91 Å². The predicted octanol–water partition coefficient (Wildman–Crippen LogP) is 2.51. The fourth-order valence-corrected chi connectivity index (χ4v) is 3.15. The molecule has 1 saturated heterocycles. The van der Waals surface area contributed by atoms with Crippen LogP contribution < -0.4 is 5.32 Å². The van der Waals surface area contributed by atoms with Gasteiger partial charge in [-0.05, 0) is 23.3 Å². The molecule has 1 amide bonds. The van der Waals surface area contributed by atoms with Gasteiger partial charge in [-0.3, -0.25) is 14.6 Å². The summed E-state index contributed by atoms with van der Waals surface area (Å²) in [6, 6.07) is 20.1. The van der Waals surface area contributed by atoms with E-state index in [0.717, 1.165) is 44.0 Å². The van der Waals surface area contributed by atoms with Crippen LogP contribution in [0.1, 0.15) is 11.1 Å². The SMILES string of the molecule is N#CCc1ccc(NC(=O)CN2CCN(Cc3ccccc3)CC2)cc1. The summed E-state index contributed by atoms with van der Waals surface area (Å²) in [4.78, 5) is 16.9. The van der Waals surface area contributed by atoms with Gasteiger partial charge >= 0.3 is 0 Å². The summed E-state index contributed by atoms with van der Waals surface area (Å²) in [5.41, 5.74) is 3.07. The van der Waals surface area contributed by atoms with Crippen LogP contribution in [0.5, 0.6) is 0 Å². The lowest BCUT2D eigenvalue weighted by Crippen LogP contribution is -2.48. The van der Waals surface area contributed by atoms with Gasteiger partial charge in [-0.15, -0.1) is 0 Å². The molecule has 0 aliphatic carbocycles. The summed E-state index contributed by atoms with van der Waals surface area (Å²) < 4.78 is 0. The minimum Gasteiger partial charge on any atom is -0.325 e. The number of rotatable bonds is 6. The van der Waals surface area contributed by atoms with Crippen molar-refractivity contribution in [2.75, 3.05) is 38.0 Å². The van der Waals surface area contributed by atoms with Crippen LogP contribution in [0, 0.1) is 11.3 Å². The average Bonchev–Trinajstić information content (AvgIpc) is 2.66. The summed E-state index contributed by atoms with van der Waals surface area (Å²) >= 11 is 0.